The van der Waals surface area contributed by atoms with E-state index in [1.807, 2.05) is 6.92 Å². The maximum absolute atomic E-state index is 13.5. The van der Waals surface area contributed by atoms with Gasteiger partial charge in [0.05, 0.1) is 22.3 Å². The number of hydrogen-bond acceptors (Lipinski definition) is 6. The van der Waals surface area contributed by atoms with E-state index >= 15 is 0 Å². The van der Waals surface area contributed by atoms with Crippen LogP contribution in [0.4, 0.5) is 19.0 Å². The van der Waals surface area contributed by atoms with Crippen molar-refractivity contribution in [3.05, 3.63) is 71.9 Å². The van der Waals surface area contributed by atoms with E-state index in [0.29, 0.717) is 42.1 Å². The highest BCUT2D eigenvalue weighted by atomic mass is 32.2. The number of hydrogen-bond donors (Lipinski definition) is 2. The van der Waals surface area contributed by atoms with Crippen molar-refractivity contribution >= 4 is 21.5 Å². The maximum atomic E-state index is 13.5. The van der Waals surface area contributed by atoms with Crippen molar-refractivity contribution in [1.82, 2.24) is 18.9 Å². The normalized spacial score (nSPS) is 17.1. The molecule has 2 aromatic heterocycles. The number of nitrogens with one attached hydrogen (secondary N) is 1. The van der Waals surface area contributed by atoms with E-state index in [9.17, 15) is 26.7 Å². The Morgan fingerprint density at radius 3 is 2.63 bits per heavy atom. The third kappa shape index (κ3) is 4.93. The molecule has 38 heavy (non-hydrogen) atoms. The fraction of sp³-hybridized carbons (Fsp3) is 0.308. The first kappa shape index (κ1) is 26.0. The molecule has 2 aromatic carbocycles. The van der Waals surface area contributed by atoms with E-state index in [4.69, 9.17) is 0 Å². The number of phenols is 1. The second-order valence-electron chi connectivity index (χ2n) is 9.35. The molecular weight excluding hydrogens is 519 g/mol. The van der Waals surface area contributed by atoms with Crippen LogP contribution in [0.5, 0.6) is 5.75 Å². The Morgan fingerprint density at radius 2 is 1.87 bits per heavy atom. The number of aromatic nitrogens is 3. The van der Waals surface area contributed by atoms with Crippen LogP contribution in [0.15, 0.2) is 65.7 Å². The highest BCUT2D eigenvalue weighted by molar-refractivity contribution is 7.89. The molecule has 12 heteroatoms. The zero-order valence-electron chi connectivity index (χ0n) is 20.5. The first-order valence-electron chi connectivity index (χ1n) is 12.1. The number of para-hydroxylation sites is 1. The highest BCUT2D eigenvalue weighted by Crippen LogP contribution is 2.36. The molecule has 1 aliphatic rings. The standard InChI is InChI=1S/C26H26F3N5O3S/c1-17-14-31-34-24(13-21(32-25(17)34)19-8-2-4-10-22(19)35)30-15-18-7-6-12-33(16-18)38(36,37)23-11-5-3-9-20(23)26(27,28)29/h2-5,8-11,13-14,18,30,35H,6-7,12,15-16H2,1H3. The first-order valence-corrected chi connectivity index (χ1v) is 13.5. The van der Waals surface area contributed by atoms with E-state index in [0.717, 1.165) is 22.0 Å². The Morgan fingerprint density at radius 1 is 1.13 bits per heavy atom. The quantitative estimate of drug-likeness (QED) is 0.356. The van der Waals surface area contributed by atoms with Crippen molar-refractivity contribution < 1.29 is 26.7 Å². The molecule has 4 aromatic rings. The topological polar surface area (TPSA) is 99.8 Å². The van der Waals surface area contributed by atoms with Crippen LogP contribution in [0.2, 0.25) is 0 Å². The molecule has 0 saturated carbocycles. The van der Waals surface area contributed by atoms with Crippen molar-refractivity contribution in [3.63, 3.8) is 0 Å². The lowest BCUT2D eigenvalue weighted by molar-refractivity contribution is -0.139. The molecule has 1 atom stereocenters. The predicted molar refractivity (Wildman–Crippen MR) is 136 cm³/mol. The molecule has 1 saturated heterocycles. The second kappa shape index (κ2) is 9.91. The summed E-state index contributed by atoms with van der Waals surface area (Å²) >= 11 is 0. The summed E-state index contributed by atoms with van der Waals surface area (Å²) < 4.78 is 69.8. The molecule has 0 bridgehead atoms. The third-order valence-electron chi connectivity index (χ3n) is 6.69. The van der Waals surface area contributed by atoms with Gasteiger partial charge >= 0.3 is 6.18 Å². The molecule has 2 N–H and O–H groups in total. The van der Waals surface area contributed by atoms with Gasteiger partial charge in [0.25, 0.3) is 0 Å². The van der Waals surface area contributed by atoms with Gasteiger partial charge < -0.3 is 10.4 Å². The number of alkyl halides is 3. The monoisotopic (exact) mass is 545 g/mol. The average molecular weight is 546 g/mol. The molecule has 200 valence electrons. The van der Waals surface area contributed by atoms with Crippen LogP contribution < -0.4 is 5.32 Å². The van der Waals surface area contributed by atoms with Crippen LogP contribution in [0.3, 0.4) is 0 Å². The lowest BCUT2D eigenvalue weighted by atomic mass is 10.00. The number of aromatic hydroxyl groups is 1. The van der Waals surface area contributed by atoms with Crippen LogP contribution in [0.1, 0.15) is 24.0 Å². The molecule has 3 heterocycles. The molecule has 0 spiro atoms. The zero-order chi connectivity index (χ0) is 27.1. The Labute approximate surface area is 217 Å². The van der Waals surface area contributed by atoms with E-state index < -0.39 is 26.7 Å². The van der Waals surface area contributed by atoms with Crippen LogP contribution in [-0.4, -0.2) is 52.1 Å². The number of piperidine rings is 1. The predicted octanol–water partition coefficient (Wildman–Crippen LogP) is 4.94. The Balaban J connectivity index is 1.39. The van der Waals surface area contributed by atoms with Crippen LogP contribution in [0.25, 0.3) is 16.9 Å². The second-order valence-corrected chi connectivity index (χ2v) is 11.3. The number of aryl methyl sites for hydroxylation is 1. The van der Waals surface area contributed by atoms with Gasteiger partial charge in [0.2, 0.25) is 10.0 Å². The summed E-state index contributed by atoms with van der Waals surface area (Å²) in [6.45, 7) is 2.47. The number of halogens is 3. The molecule has 1 unspecified atom stereocenters. The minimum atomic E-state index is -4.78. The van der Waals surface area contributed by atoms with E-state index in [2.05, 4.69) is 15.4 Å². The van der Waals surface area contributed by atoms with Crippen LogP contribution in [-0.2, 0) is 16.2 Å². The number of benzene rings is 2. The minimum absolute atomic E-state index is 0.0831. The van der Waals surface area contributed by atoms with Gasteiger partial charge in [-0.1, -0.05) is 24.3 Å². The summed E-state index contributed by atoms with van der Waals surface area (Å²) in [5.74, 6) is 0.536. The van der Waals surface area contributed by atoms with Gasteiger partial charge in [-0.05, 0) is 49.9 Å². The summed E-state index contributed by atoms with van der Waals surface area (Å²) in [6.07, 6.45) is -1.87. The lowest BCUT2D eigenvalue weighted by Gasteiger charge is -2.32. The number of nitrogens with zero attached hydrogens (tertiary/aromatic N) is 4. The summed E-state index contributed by atoms with van der Waals surface area (Å²) in [5, 5.41) is 18.0. The zero-order valence-corrected chi connectivity index (χ0v) is 21.3. The van der Waals surface area contributed by atoms with Gasteiger partial charge in [0.15, 0.2) is 5.65 Å². The molecule has 5 rings (SSSR count). The molecule has 8 nitrogen and oxygen atoms in total. The maximum Gasteiger partial charge on any atom is 0.417 e. The SMILES string of the molecule is Cc1cnn2c(NCC3CCCN(S(=O)(=O)c4ccccc4C(F)(F)F)C3)cc(-c3ccccc3O)nc12. The summed E-state index contributed by atoms with van der Waals surface area (Å²) in [4.78, 5) is 3.92. The van der Waals surface area contributed by atoms with Crippen molar-refractivity contribution in [2.75, 3.05) is 25.0 Å². The summed E-state index contributed by atoms with van der Waals surface area (Å²) in [7, 11) is -4.34. The Bertz CT molecular complexity index is 1590. The van der Waals surface area contributed by atoms with Crippen LogP contribution >= 0.6 is 0 Å². The number of fused-ring (bicyclic) bond motifs is 1. The molecule has 1 fully saturated rings. The Kier molecular flexibility index (Phi) is 6.78. The fourth-order valence-corrected chi connectivity index (χ4v) is 6.52. The van der Waals surface area contributed by atoms with E-state index in [1.54, 1.807) is 41.0 Å². The van der Waals surface area contributed by atoms with Gasteiger partial charge in [-0.3, -0.25) is 0 Å². The van der Waals surface area contributed by atoms with Crippen molar-refractivity contribution in [3.8, 4) is 17.0 Å². The van der Waals surface area contributed by atoms with Crippen LogP contribution in [0, 0.1) is 12.8 Å². The molecule has 0 radical (unpaired) electrons. The number of phenolic OH excluding ortho intramolecular Hbond substituents is 1. The summed E-state index contributed by atoms with van der Waals surface area (Å²) in [5.41, 5.74) is 1.37. The van der Waals surface area contributed by atoms with Gasteiger partial charge in [0.1, 0.15) is 11.6 Å². The highest BCUT2D eigenvalue weighted by Gasteiger charge is 2.39. The molecular formula is C26H26F3N5O3S. The smallest absolute Gasteiger partial charge is 0.417 e. The molecule has 1 aliphatic heterocycles. The van der Waals surface area contributed by atoms with Crippen molar-refractivity contribution in [1.29, 1.82) is 0 Å². The van der Waals surface area contributed by atoms with Gasteiger partial charge in [-0.15, -0.1) is 0 Å². The van der Waals surface area contributed by atoms with Crippen molar-refractivity contribution in [2.45, 2.75) is 30.8 Å². The molecule has 0 amide bonds. The summed E-state index contributed by atoms with van der Waals surface area (Å²) in [6, 6.07) is 12.9. The number of rotatable bonds is 6. The number of sulfonamides is 1. The molecule has 0 aliphatic carbocycles. The van der Waals surface area contributed by atoms with Crippen molar-refractivity contribution in [2.24, 2.45) is 5.92 Å². The van der Waals surface area contributed by atoms with E-state index in [-0.39, 0.29) is 24.8 Å². The number of anilines is 1. The van der Waals surface area contributed by atoms with Gasteiger partial charge in [0, 0.05) is 36.8 Å². The lowest BCUT2D eigenvalue weighted by Crippen LogP contribution is -2.42. The Hall–Kier alpha value is -3.64. The largest absolute Gasteiger partial charge is 0.507 e. The van der Waals surface area contributed by atoms with Gasteiger partial charge in [-0.25, -0.2) is 13.4 Å². The van der Waals surface area contributed by atoms with Gasteiger partial charge in [-0.2, -0.15) is 27.1 Å². The fourth-order valence-electron chi connectivity index (χ4n) is 4.75. The third-order valence-corrected chi connectivity index (χ3v) is 8.62. The van der Waals surface area contributed by atoms with E-state index in [1.165, 1.54) is 12.1 Å². The minimum Gasteiger partial charge on any atom is -0.507 e. The first-order chi connectivity index (χ1) is 18.1. The average Bonchev–Trinajstić information content (AvgIpc) is 3.28.